The molecular weight excluding hydrogens is 232 g/mol. The summed E-state index contributed by atoms with van der Waals surface area (Å²) >= 11 is 0. The third-order valence-corrected chi connectivity index (χ3v) is 3.71. The Labute approximate surface area is 108 Å². The van der Waals surface area contributed by atoms with E-state index < -0.39 is 0 Å². The third-order valence-electron chi connectivity index (χ3n) is 3.71. The molecule has 0 aromatic carbocycles. The molecule has 0 saturated carbocycles. The van der Waals surface area contributed by atoms with Crippen LogP contribution >= 0.6 is 0 Å². The number of nitrogens with one attached hydrogen (secondary N) is 2. The molecule has 2 saturated heterocycles. The lowest BCUT2D eigenvalue weighted by Crippen LogP contribution is -2.58. The number of amides is 2. The van der Waals surface area contributed by atoms with E-state index in [0.717, 1.165) is 26.1 Å². The van der Waals surface area contributed by atoms with Crippen LogP contribution in [0.25, 0.3) is 0 Å². The fraction of sp³-hybridized carbons (Fsp3) is 0.833. The molecule has 102 valence electrons. The van der Waals surface area contributed by atoms with Crippen molar-refractivity contribution in [2.75, 3.05) is 46.8 Å². The van der Waals surface area contributed by atoms with Gasteiger partial charge in [-0.2, -0.15) is 0 Å². The normalized spacial score (nSPS) is 29.1. The van der Waals surface area contributed by atoms with E-state index in [-0.39, 0.29) is 24.4 Å². The lowest BCUT2D eigenvalue weighted by Gasteiger charge is -2.29. The number of hydrogen-bond acceptors (Lipinski definition) is 4. The summed E-state index contributed by atoms with van der Waals surface area (Å²) < 4.78 is 0. The molecule has 0 spiro atoms. The maximum absolute atomic E-state index is 12.2. The average molecular weight is 254 g/mol. The van der Waals surface area contributed by atoms with E-state index in [1.54, 1.807) is 4.90 Å². The van der Waals surface area contributed by atoms with Crippen molar-refractivity contribution in [1.82, 2.24) is 20.4 Å². The van der Waals surface area contributed by atoms with E-state index in [0.29, 0.717) is 12.5 Å². The Morgan fingerprint density at radius 2 is 2.33 bits per heavy atom. The van der Waals surface area contributed by atoms with Crippen LogP contribution in [-0.4, -0.2) is 74.5 Å². The summed E-state index contributed by atoms with van der Waals surface area (Å²) in [6.07, 6.45) is 1.16. The molecule has 2 heterocycles. The largest absolute Gasteiger partial charge is 0.353 e. The molecule has 18 heavy (non-hydrogen) atoms. The maximum Gasteiger partial charge on any atom is 0.241 e. The van der Waals surface area contributed by atoms with Crippen LogP contribution in [-0.2, 0) is 9.59 Å². The molecule has 6 nitrogen and oxygen atoms in total. The minimum absolute atomic E-state index is 0.0425. The van der Waals surface area contributed by atoms with Crippen molar-refractivity contribution in [2.24, 2.45) is 5.92 Å². The van der Waals surface area contributed by atoms with Crippen LogP contribution in [0.15, 0.2) is 0 Å². The Morgan fingerprint density at radius 3 is 2.89 bits per heavy atom. The van der Waals surface area contributed by atoms with Gasteiger partial charge in [-0.15, -0.1) is 0 Å². The fourth-order valence-corrected chi connectivity index (χ4v) is 2.66. The quantitative estimate of drug-likeness (QED) is 0.642. The van der Waals surface area contributed by atoms with Crippen molar-refractivity contribution >= 4 is 11.8 Å². The van der Waals surface area contributed by atoms with Crippen LogP contribution in [0.4, 0.5) is 0 Å². The Balaban J connectivity index is 1.79. The molecule has 0 aromatic rings. The molecule has 2 unspecified atom stereocenters. The highest BCUT2D eigenvalue weighted by atomic mass is 16.2. The predicted molar refractivity (Wildman–Crippen MR) is 68.0 cm³/mol. The van der Waals surface area contributed by atoms with Gasteiger partial charge in [0.25, 0.3) is 0 Å². The zero-order valence-electron chi connectivity index (χ0n) is 11.1. The molecule has 2 aliphatic heterocycles. The van der Waals surface area contributed by atoms with E-state index in [2.05, 4.69) is 22.6 Å². The second-order valence-corrected chi connectivity index (χ2v) is 5.37. The Bertz CT molecular complexity index is 324. The molecule has 2 aliphatic rings. The molecule has 0 radical (unpaired) electrons. The van der Waals surface area contributed by atoms with Crippen LogP contribution in [0.1, 0.15) is 6.42 Å². The summed E-state index contributed by atoms with van der Waals surface area (Å²) in [5.41, 5.74) is 0. The van der Waals surface area contributed by atoms with Crippen LogP contribution in [0.5, 0.6) is 0 Å². The Hall–Kier alpha value is -1.14. The molecule has 2 N–H and O–H groups in total. The van der Waals surface area contributed by atoms with Gasteiger partial charge in [-0.1, -0.05) is 0 Å². The van der Waals surface area contributed by atoms with Crippen molar-refractivity contribution in [3.05, 3.63) is 0 Å². The van der Waals surface area contributed by atoms with Gasteiger partial charge < -0.3 is 15.1 Å². The number of likely N-dealkylation sites (tertiary alicyclic amines) is 1. The molecule has 2 fully saturated rings. The highest BCUT2D eigenvalue weighted by Gasteiger charge is 2.28. The molecule has 6 heteroatoms. The minimum atomic E-state index is -0.271. The van der Waals surface area contributed by atoms with E-state index in [1.165, 1.54) is 0 Å². The first-order valence-electron chi connectivity index (χ1n) is 6.50. The molecule has 0 bridgehead atoms. The minimum Gasteiger partial charge on any atom is -0.353 e. The Morgan fingerprint density at radius 1 is 1.56 bits per heavy atom. The number of carbonyl (C=O) groups excluding carboxylic acids is 2. The molecule has 2 amide bonds. The van der Waals surface area contributed by atoms with E-state index in [9.17, 15) is 9.59 Å². The van der Waals surface area contributed by atoms with Gasteiger partial charge in [0.2, 0.25) is 11.8 Å². The van der Waals surface area contributed by atoms with Crippen molar-refractivity contribution in [2.45, 2.75) is 12.5 Å². The number of nitrogens with zero attached hydrogens (tertiary/aromatic N) is 2. The molecule has 2 atom stereocenters. The predicted octanol–water partition coefficient (Wildman–Crippen LogP) is -1.52. The van der Waals surface area contributed by atoms with Crippen LogP contribution in [0.3, 0.4) is 0 Å². The number of piperazine rings is 1. The molecule has 0 aliphatic carbocycles. The molecule has 2 rings (SSSR count). The van der Waals surface area contributed by atoms with Gasteiger partial charge in [0.15, 0.2) is 0 Å². The van der Waals surface area contributed by atoms with Crippen LogP contribution in [0, 0.1) is 5.92 Å². The zero-order chi connectivity index (χ0) is 13.1. The molecule has 0 aromatic heterocycles. The third kappa shape index (κ3) is 3.20. The second-order valence-electron chi connectivity index (χ2n) is 5.37. The molecular formula is C12H22N4O2. The zero-order valence-corrected chi connectivity index (χ0v) is 11.1. The summed E-state index contributed by atoms with van der Waals surface area (Å²) in [5, 5.41) is 5.68. The smallest absolute Gasteiger partial charge is 0.241 e. The van der Waals surface area contributed by atoms with E-state index >= 15 is 0 Å². The summed E-state index contributed by atoms with van der Waals surface area (Å²) in [5.74, 6) is 0.603. The lowest BCUT2D eigenvalue weighted by molar-refractivity contribution is -0.134. The van der Waals surface area contributed by atoms with Crippen molar-refractivity contribution in [3.8, 4) is 0 Å². The number of rotatable bonds is 3. The second kappa shape index (κ2) is 5.67. The van der Waals surface area contributed by atoms with Crippen LogP contribution in [0.2, 0.25) is 0 Å². The first kappa shape index (κ1) is 13.3. The van der Waals surface area contributed by atoms with Gasteiger partial charge in [-0.3, -0.25) is 14.9 Å². The number of likely N-dealkylation sites (N-methyl/N-ethyl adjacent to an activating group) is 1. The summed E-state index contributed by atoms with van der Waals surface area (Å²) in [4.78, 5) is 27.3. The van der Waals surface area contributed by atoms with E-state index in [1.807, 2.05) is 7.05 Å². The van der Waals surface area contributed by atoms with Gasteiger partial charge in [0.05, 0.1) is 6.54 Å². The summed E-state index contributed by atoms with van der Waals surface area (Å²) in [6, 6.07) is -0.271. The number of hydrogen-bond donors (Lipinski definition) is 2. The fourth-order valence-electron chi connectivity index (χ4n) is 2.66. The van der Waals surface area contributed by atoms with Gasteiger partial charge in [-0.05, 0) is 25.9 Å². The average Bonchev–Trinajstić information content (AvgIpc) is 2.75. The van der Waals surface area contributed by atoms with Gasteiger partial charge in [-0.25, -0.2) is 0 Å². The first-order chi connectivity index (χ1) is 8.56. The van der Waals surface area contributed by atoms with Gasteiger partial charge >= 0.3 is 0 Å². The van der Waals surface area contributed by atoms with Crippen molar-refractivity contribution in [1.29, 1.82) is 0 Å². The maximum atomic E-state index is 12.2. The van der Waals surface area contributed by atoms with Gasteiger partial charge in [0, 0.05) is 26.7 Å². The first-order valence-corrected chi connectivity index (χ1v) is 6.50. The monoisotopic (exact) mass is 254 g/mol. The SMILES string of the molecule is CN1CCC(CN(C)C(=O)C2CNC(=O)CN2)C1. The lowest BCUT2D eigenvalue weighted by atomic mass is 10.1. The Kier molecular flexibility index (Phi) is 4.19. The van der Waals surface area contributed by atoms with Crippen LogP contribution < -0.4 is 10.6 Å². The highest BCUT2D eigenvalue weighted by molar-refractivity contribution is 5.86. The van der Waals surface area contributed by atoms with Crippen molar-refractivity contribution in [3.63, 3.8) is 0 Å². The van der Waals surface area contributed by atoms with E-state index in [4.69, 9.17) is 0 Å². The topological polar surface area (TPSA) is 64.7 Å². The number of carbonyl (C=O) groups is 2. The summed E-state index contributed by atoms with van der Waals surface area (Å²) in [7, 11) is 3.96. The van der Waals surface area contributed by atoms with Crippen molar-refractivity contribution < 1.29 is 9.59 Å². The standard InChI is InChI=1S/C12H22N4O2/c1-15-4-3-9(7-15)8-16(2)12(18)10-5-14-11(17)6-13-10/h9-10,13H,3-8H2,1-2H3,(H,14,17). The highest BCUT2D eigenvalue weighted by Crippen LogP contribution is 2.15. The van der Waals surface area contributed by atoms with Gasteiger partial charge in [0.1, 0.15) is 6.04 Å². The summed E-state index contributed by atoms with van der Waals surface area (Å²) in [6.45, 7) is 3.61.